The Morgan fingerprint density at radius 3 is 2.70 bits per heavy atom. The zero-order valence-corrected chi connectivity index (χ0v) is 13.2. The van der Waals surface area contributed by atoms with Crippen molar-refractivity contribution in [3.63, 3.8) is 0 Å². The van der Waals surface area contributed by atoms with E-state index in [1.54, 1.807) is 6.07 Å². The number of hydrogen-bond acceptors (Lipinski definition) is 1. The predicted molar refractivity (Wildman–Crippen MR) is 83.3 cm³/mol. The molecule has 1 heterocycles. The van der Waals surface area contributed by atoms with Crippen LogP contribution in [0.15, 0.2) is 40.9 Å². The molecule has 0 radical (unpaired) electrons. The molecule has 0 amide bonds. The SMILES string of the molecule is Fc1cc2nc(CCl)n(-c3ccccc3Br)c2cc1Cl. The maximum absolute atomic E-state index is 13.6. The molecular formula is C14H8BrCl2FN2. The van der Waals surface area contributed by atoms with Gasteiger partial charge in [0.2, 0.25) is 0 Å². The van der Waals surface area contributed by atoms with Gasteiger partial charge in [0.25, 0.3) is 0 Å². The molecule has 0 aliphatic heterocycles. The highest BCUT2D eigenvalue weighted by molar-refractivity contribution is 9.10. The summed E-state index contributed by atoms with van der Waals surface area (Å²) in [4.78, 5) is 4.36. The number of halogens is 4. The van der Waals surface area contributed by atoms with Crippen LogP contribution in [-0.4, -0.2) is 9.55 Å². The van der Waals surface area contributed by atoms with Crippen molar-refractivity contribution in [2.45, 2.75) is 5.88 Å². The van der Waals surface area contributed by atoms with Crippen molar-refractivity contribution in [2.75, 3.05) is 0 Å². The summed E-state index contributed by atoms with van der Waals surface area (Å²) in [6, 6.07) is 10.6. The molecule has 0 fully saturated rings. The Morgan fingerprint density at radius 2 is 2.00 bits per heavy atom. The Labute approximate surface area is 133 Å². The first-order valence-corrected chi connectivity index (χ1v) is 7.49. The minimum Gasteiger partial charge on any atom is -0.294 e. The number of aromatic nitrogens is 2. The normalized spacial score (nSPS) is 11.2. The quantitative estimate of drug-likeness (QED) is 0.556. The van der Waals surface area contributed by atoms with E-state index in [0.29, 0.717) is 11.3 Å². The lowest BCUT2D eigenvalue weighted by Crippen LogP contribution is -2.00. The Hall–Kier alpha value is -1.10. The van der Waals surface area contributed by atoms with Gasteiger partial charge in [0.1, 0.15) is 11.6 Å². The van der Waals surface area contributed by atoms with E-state index in [2.05, 4.69) is 20.9 Å². The Balaban J connectivity index is 2.39. The molecule has 0 saturated heterocycles. The molecule has 0 N–H and O–H groups in total. The van der Waals surface area contributed by atoms with E-state index in [0.717, 1.165) is 15.7 Å². The Bertz CT molecular complexity index is 801. The number of nitrogens with zero attached hydrogens (tertiary/aromatic N) is 2. The molecule has 0 aliphatic rings. The molecule has 0 bridgehead atoms. The maximum atomic E-state index is 13.6. The summed E-state index contributed by atoms with van der Waals surface area (Å²) < 4.78 is 16.3. The topological polar surface area (TPSA) is 17.8 Å². The van der Waals surface area contributed by atoms with Gasteiger partial charge in [-0.1, -0.05) is 23.7 Å². The molecule has 3 aromatic rings. The Morgan fingerprint density at radius 1 is 1.25 bits per heavy atom. The molecule has 2 nitrogen and oxygen atoms in total. The van der Waals surface area contributed by atoms with Gasteiger partial charge in [-0.3, -0.25) is 4.57 Å². The maximum Gasteiger partial charge on any atom is 0.144 e. The van der Waals surface area contributed by atoms with E-state index < -0.39 is 5.82 Å². The molecular weight excluding hydrogens is 366 g/mol. The molecule has 0 aliphatic carbocycles. The van der Waals surface area contributed by atoms with E-state index in [1.165, 1.54) is 6.07 Å². The van der Waals surface area contributed by atoms with Crippen LogP contribution < -0.4 is 0 Å². The fourth-order valence-electron chi connectivity index (χ4n) is 2.11. The molecule has 0 atom stereocenters. The third-order valence-corrected chi connectivity index (χ3v) is 4.18. The Kier molecular flexibility index (Phi) is 3.71. The first-order chi connectivity index (χ1) is 9.61. The van der Waals surface area contributed by atoms with E-state index in [9.17, 15) is 4.39 Å². The summed E-state index contributed by atoms with van der Waals surface area (Å²) in [5.41, 5.74) is 2.13. The van der Waals surface area contributed by atoms with Crippen molar-refractivity contribution in [3.05, 3.63) is 57.5 Å². The first-order valence-electron chi connectivity index (χ1n) is 5.79. The number of imidazole rings is 1. The largest absolute Gasteiger partial charge is 0.294 e. The van der Waals surface area contributed by atoms with E-state index in [-0.39, 0.29) is 10.9 Å². The minimum atomic E-state index is -0.489. The van der Waals surface area contributed by atoms with Crippen molar-refractivity contribution in [1.82, 2.24) is 9.55 Å². The third-order valence-electron chi connectivity index (χ3n) is 2.98. The summed E-state index contributed by atoms with van der Waals surface area (Å²) >= 11 is 15.3. The average molecular weight is 374 g/mol. The number of alkyl halides is 1. The van der Waals surface area contributed by atoms with Crippen molar-refractivity contribution >= 4 is 50.2 Å². The van der Waals surface area contributed by atoms with E-state index in [4.69, 9.17) is 23.2 Å². The smallest absolute Gasteiger partial charge is 0.144 e. The van der Waals surface area contributed by atoms with E-state index >= 15 is 0 Å². The van der Waals surface area contributed by atoms with Gasteiger partial charge >= 0.3 is 0 Å². The lowest BCUT2D eigenvalue weighted by molar-refractivity contribution is 0.630. The molecule has 0 spiro atoms. The summed E-state index contributed by atoms with van der Waals surface area (Å²) in [5, 5.41) is 0.0619. The van der Waals surface area contributed by atoms with Crippen LogP contribution in [0, 0.1) is 5.82 Å². The van der Waals surface area contributed by atoms with Crippen LogP contribution in [0.5, 0.6) is 0 Å². The molecule has 2 aromatic carbocycles. The number of hydrogen-bond donors (Lipinski definition) is 0. The van der Waals surface area contributed by atoms with Gasteiger partial charge in [-0.05, 0) is 34.1 Å². The third kappa shape index (κ3) is 2.22. The lowest BCUT2D eigenvalue weighted by atomic mass is 10.2. The molecule has 0 saturated carbocycles. The van der Waals surface area contributed by atoms with Crippen LogP contribution in [0.1, 0.15) is 5.82 Å². The van der Waals surface area contributed by atoms with Gasteiger partial charge in [0, 0.05) is 10.5 Å². The summed E-state index contributed by atoms with van der Waals surface area (Å²) in [6.07, 6.45) is 0. The second-order valence-corrected chi connectivity index (χ2v) is 5.73. The lowest BCUT2D eigenvalue weighted by Gasteiger charge is -2.10. The van der Waals surface area contributed by atoms with Crippen LogP contribution in [0.4, 0.5) is 4.39 Å². The number of rotatable bonds is 2. The molecule has 3 rings (SSSR count). The van der Waals surface area contributed by atoms with Crippen LogP contribution >= 0.6 is 39.1 Å². The van der Waals surface area contributed by atoms with Crippen LogP contribution in [0.25, 0.3) is 16.7 Å². The van der Waals surface area contributed by atoms with Crippen molar-refractivity contribution in [3.8, 4) is 5.69 Å². The number of fused-ring (bicyclic) bond motifs is 1. The van der Waals surface area contributed by atoms with Crippen molar-refractivity contribution in [1.29, 1.82) is 0 Å². The van der Waals surface area contributed by atoms with Crippen molar-refractivity contribution < 1.29 is 4.39 Å². The summed E-state index contributed by atoms with van der Waals surface area (Å²) in [5.74, 6) is 0.363. The predicted octanol–water partition coefficient (Wildman–Crippen LogP) is 5.32. The average Bonchev–Trinajstić information content (AvgIpc) is 2.77. The fourth-order valence-corrected chi connectivity index (χ4v) is 2.91. The summed E-state index contributed by atoms with van der Waals surface area (Å²) in [6.45, 7) is 0. The minimum absolute atomic E-state index is 0.0619. The summed E-state index contributed by atoms with van der Waals surface area (Å²) in [7, 11) is 0. The highest BCUT2D eigenvalue weighted by Gasteiger charge is 2.15. The van der Waals surface area contributed by atoms with Gasteiger partial charge < -0.3 is 0 Å². The molecule has 0 unspecified atom stereocenters. The molecule has 20 heavy (non-hydrogen) atoms. The molecule has 1 aromatic heterocycles. The van der Waals surface area contributed by atoms with Gasteiger partial charge in [-0.2, -0.15) is 0 Å². The highest BCUT2D eigenvalue weighted by atomic mass is 79.9. The van der Waals surface area contributed by atoms with Gasteiger partial charge in [0.05, 0.1) is 27.6 Å². The second-order valence-electron chi connectivity index (χ2n) is 4.20. The van der Waals surface area contributed by atoms with Crippen LogP contribution in [0.3, 0.4) is 0 Å². The number of para-hydroxylation sites is 1. The van der Waals surface area contributed by atoms with E-state index in [1.807, 2.05) is 28.8 Å². The monoisotopic (exact) mass is 372 g/mol. The van der Waals surface area contributed by atoms with Crippen molar-refractivity contribution in [2.24, 2.45) is 0 Å². The highest BCUT2D eigenvalue weighted by Crippen LogP contribution is 2.30. The fraction of sp³-hybridized carbons (Fsp3) is 0.0714. The van der Waals surface area contributed by atoms with Gasteiger partial charge in [0.15, 0.2) is 0 Å². The second kappa shape index (κ2) is 5.35. The molecule has 6 heteroatoms. The van der Waals surface area contributed by atoms with Gasteiger partial charge in [-0.15, -0.1) is 11.6 Å². The standard InChI is InChI=1S/C14H8BrCl2FN2/c15-8-3-1-2-4-12(8)20-13-5-9(17)10(18)6-11(13)19-14(20)7-16/h1-6H,7H2. The van der Waals surface area contributed by atoms with Gasteiger partial charge in [-0.25, -0.2) is 9.37 Å². The zero-order chi connectivity index (χ0) is 14.3. The molecule has 102 valence electrons. The van der Waals surface area contributed by atoms with Crippen LogP contribution in [-0.2, 0) is 5.88 Å². The zero-order valence-electron chi connectivity index (χ0n) is 10.1. The van der Waals surface area contributed by atoms with Crippen LogP contribution in [0.2, 0.25) is 5.02 Å². The number of benzene rings is 2. The first kappa shape index (κ1) is 13.9.